The van der Waals surface area contributed by atoms with Crippen LogP contribution in [0.2, 0.25) is 5.02 Å². The summed E-state index contributed by atoms with van der Waals surface area (Å²) < 4.78 is 48.2. The third-order valence-corrected chi connectivity index (χ3v) is 9.34. The van der Waals surface area contributed by atoms with E-state index >= 15 is 0 Å². The normalized spacial score (nSPS) is 15.5. The minimum absolute atomic E-state index is 0.0948. The van der Waals surface area contributed by atoms with Crippen molar-refractivity contribution in [3.05, 3.63) is 111 Å². The van der Waals surface area contributed by atoms with Gasteiger partial charge in [-0.1, -0.05) is 60.2 Å². The first kappa shape index (κ1) is 39.4. The lowest BCUT2D eigenvalue weighted by Gasteiger charge is -2.17. The minimum atomic E-state index is -4.70. The van der Waals surface area contributed by atoms with Gasteiger partial charge in [-0.05, 0) is 65.4 Å². The standard InChI is InChI=1S/C39H40ClF3N4O6/c1-23-25(10-11-26-16-35(53-2)27(15-32(26)39(41,42)43)19-44-20-29(49)17-36(50)51)5-3-6-30(23)31-7-4-8-33(37(31)40)46-38(52)34-12-9-24(18-45-34)21-47-14-13-28(48)22-47/h3-12,15-16,18,28-29,44,48-49H,13-14,17,19-22H2,1-2H3,(H,46,52)(H,50,51)/b11-10+/t28-,29+/m1/s1. The second-order valence-corrected chi connectivity index (χ2v) is 13.2. The smallest absolute Gasteiger partial charge is 0.417 e. The first-order valence-corrected chi connectivity index (χ1v) is 17.2. The first-order valence-electron chi connectivity index (χ1n) is 16.9. The summed E-state index contributed by atoms with van der Waals surface area (Å²) >= 11 is 6.84. The molecule has 0 aliphatic carbocycles. The summed E-state index contributed by atoms with van der Waals surface area (Å²) in [5, 5.41) is 34.3. The number of aliphatic hydroxyl groups excluding tert-OH is 2. The maximum Gasteiger partial charge on any atom is 0.417 e. The number of benzene rings is 3. The average Bonchev–Trinajstić information content (AvgIpc) is 3.52. The van der Waals surface area contributed by atoms with Crippen molar-refractivity contribution in [2.75, 3.05) is 32.1 Å². The lowest BCUT2D eigenvalue weighted by molar-refractivity contribution is -0.139. The highest BCUT2D eigenvalue weighted by atomic mass is 35.5. The maximum absolute atomic E-state index is 14.3. The SMILES string of the molecule is COc1cc(/C=C/c2cccc(-c3cccc(NC(=O)c4ccc(CN5CC[C@@H](O)C5)cn4)c3Cl)c2C)c(C(F)(F)F)cc1CNC[C@@H](O)CC(=O)O. The molecule has 1 saturated heterocycles. The quantitative estimate of drug-likeness (QED) is 0.0895. The van der Waals surface area contributed by atoms with Crippen LogP contribution in [0, 0.1) is 6.92 Å². The number of anilines is 1. The van der Waals surface area contributed by atoms with Gasteiger partial charge in [0.2, 0.25) is 0 Å². The number of amides is 1. The molecular weight excluding hydrogens is 713 g/mol. The van der Waals surface area contributed by atoms with Crippen molar-refractivity contribution in [3.8, 4) is 16.9 Å². The van der Waals surface area contributed by atoms with Gasteiger partial charge in [-0.15, -0.1) is 0 Å². The van der Waals surface area contributed by atoms with Gasteiger partial charge in [-0.2, -0.15) is 13.2 Å². The number of halogens is 4. The van der Waals surface area contributed by atoms with Gasteiger partial charge in [0, 0.05) is 50.0 Å². The lowest BCUT2D eigenvalue weighted by Crippen LogP contribution is -2.28. The number of alkyl halides is 3. The number of methoxy groups -OCH3 is 1. The first-order chi connectivity index (χ1) is 25.2. The molecule has 1 fully saturated rings. The Balaban J connectivity index is 1.34. The Labute approximate surface area is 309 Å². The fourth-order valence-electron chi connectivity index (χ4n) is 6.19. The van der Waals surface area contributed by atoms with Crippen LogP contribution in [0.25, 0.3) is 23.3 Å². The van der Waals surface area contributed by atoms with Gasteiger partial charge in [-0.25, -0.2) is 0 Å². The Hall–Kier alpha value is -4.79. The number of hydrogen-bond donors (Lipinski definition) is 5. The molecule has 10 nitrogen and oxygen atoms in total. The number of nitrogens with zero attached hydrogens (tertiary/aromatic N) is 2. The van der Waals surface area contributed by atoms with Crippen LogP contribution in [0.15, 0.2) is 66.9 Å². The highest BCUT2D eigenvalue weighted by Crippen LogP contribution is 2.39. The monoisotopic (exact) mass is 752 g/mol. The number of hydrogen-bond acceptors (Lipinski definition) is 8. The summed E-state index contributed by atoms with van der Waals surface area (Å²) in [4.78, 5) is 30.4. The number of nitrogens with one attached hydrogen (secondary N) is 2. The van der Waals surface area contributed by atoms with E-state index in [0.29, 0.717) is 35.5 Å². The van der Waals surface area contributed by atoms with Gasteiger partial charge < -0.3 is 30.7 Å². The van der Waals surface area contributed by atoms with E-state index in [1.165, 1.54) is 19.3 Å². The van der Waals surface area contributed by atoms with Crippen molar-refractivity contribution in [1.82, 2.24) is 15.2 Å². The molecule has 280 valence electrons. The van der Waals surface area contributed by atoms with Crippen molar-refractivity contribution < 1.29 is 42.8 Å². The van der Waals surface area contributed by atoms with E-state index in [0.717, 1.165) is 30.2 Å². The summed E-state index contributed by atoms with van der Waals surface area (Å²) in [7, 11) is 1.34. The Morgan fingerprint density at radius 1 is 1.09 bits per heavy atom. The average molecular weight is 753 g/mol. The van der Waals surface area contributed by atoms with Crippen LogP contribution >= 0.6 is 11.6 Å². The lowest BCUT2D eigenvalue weighted by atomic mass is 9.94. The van der Waals surface area contributed by atoms with Crippen LogP contribution in [0.3, 0.4) is 0 Å². The minimum Gasteiger partial charge on any atom is -0.496 e. The van der Waals surface area contributed by atoms with E-state index in [-0.39, 0.29) is 46.8 Å². The van der Waals surface area contributed by atoms with Crippen LogP contribution in [0.1, 0.15) is 56.7 Å². The van der Waals surface area contributed by atoms with Crippen LogP contribution in [-0.2, 0) is 24.1 Å². The largest absolute Gasteiger partial charge is 0.496 e. The number of aromatic nitrogens is 1. The molecule has 14 heteroatoms. The molecule has 5 N–H and O–H groups in total. The molecule has 1 amide bonds. The number of aliphatic carboxylic acids is 1. The number of likely N-dealkylation sites (tertiary alicyclic amines) is 1. The molecule has 2 heterocycles. The molecule has 0 unspecified atom stereocenters. The number of aliphatic hydroxyl groups is 2. The predicted octanol–water partition coefficient (Wildman–Crippen LogP) is 6.65. The number of carbonyl (C=O) groups excluding carboxylic acids is 1. The molecule has 0 bridgehead atoms. The third-order valence-electron chi connectivity index (χ3n) is 8.93. The van der Waals surface area contributed by atoms with E-state index in [4.69, 9.17) is 21.4 Å². The van der Waals surface area contributed by atoms with E-state index in [2.05, 4.69) is 20.5 Å². The summed E-state index contributed by atoms with van der Waals surface area (Å²) in [6.07, 6.45) is -1.44. The van der Waals surface area contributed by atoms with Gasteiger partial charge >= 0.3 is 12.1 Å². The molecule has 1 aromatic heterocycles. The Morgan fingerprint density at radius 2 is 1.83 bits per heavy atom. The number of carboxylic acids is 1. The zero-order valence-electron chi connectivity index (χ0n) is 29.1. The molecule has 3 aromatic carbocycles. The van der Waals surface area contributed by atoms with E-state index < -0.39 is 36.1 Å². The molecule has 2 atom stereocenters. The van der Waals surface area contributed by atoms with Gasteiger partial charge in [0.15, 0.2) is 0 Å². The van der Waals surface area contributed by atoms with Crippen LogP contribution in [0.5, 0.6) is 5.75 Å². The van der Waals surface area contributed by atoms with E-state index in [9.17, 15) is 33.0 Å². The number of rotatable bonds is 14. The van der Waals surface area contributed by atoms with Gasteiger partial charge in [-0.3, -0.25) is 19.5 Å². The van der Waals surface area contributed by atoms with E-state index in [1.54, 1.807) is 48.7 Å². The molecule has 1 aliphatic heterocycles. The number of carboxylic acid groups (broad SMARTS) is 1. The number of pyridine rings is 1. The van der Waals surface area contributed by atoms with Gasteiger partial charge in [0.25, 0.3) is 5.91 Å². The Bertz CT molecular complexity index is 1970. The molecule has 0 saturated carbocycles. The molecule has 0 spiro atoms. The zero-order chi connectivity index (χ0) is 38.3. The number of β-amino-alcohol motifs (C(OH)–C–C–N with tert-alkyl or cyclic N) is 1. The van der Waals surface area contributed by atoms with Crippen LogP contribution < -0.4 is 15.4 Å². The van der Waals surface area contributed by atoms with Crippen molar-refractivity contribution >= 4 is 41.3 Å². The summed E-state index contributed by atoms with van der Waals surface area (Å²) in [6.45, 7) is 3.62. The number of carbonyl (C=O) groups is 2. The van der Waals surface area contributed by atoms with Crippen LogP contribution in [0.4, 0.5) is 18.9 Å². The Morgan fingerprint density at radius 3 is 2.49 bits per heavy atom. The topological polar surface area (TPSA) is 144 Å². The molecule has 53 heavy (non-hydrogen) atoms. The van der Waals surface area contributed by atoms with Crippen molar-refractivity contribution in [2.24, 2.45) is 0 Å². The van der Waals surface area contributed by atoms with Crippen molar-refractivity contribution in [3.63, 3.8) is 0 Å². The van der Waals surface area contributed by atoms with E-state index in [1.807, 2.05) is 19.1 Å². The summed E-state index contributed by atoms with van der Waals surface area (Å²) in [5.74, 6) is -1.46. The highest BCUT2D eigenvalue weighted by Gasteiger charge is 2.34. The highest BCUT2D eigenvalue weighted by molar-refractivity contribution is 6.36. The van der Waals surface area contributed by atoms with Crippen molar-refractivity contribution in [2.45, 2.75) is 51.2 Å². The van der Waals surface area contributed by atoms with Crippen molar-refractivity contribution in [1.29, 1.82) is 0 Å². The fourth-order valence-corrected chi connectivity index (χ4v) is 6.47. The fraction of sp³-hybridized carbons (Fsp3) is 0.308. The second-order valence-electron chi connectivity index (χ2n) is 12.8. The van der Waals surface area contributed by atoms with Gasteiger partial charge in [0.1, 0.15) is 11.4 Å². The third kappa shape index (κ3) is 10.2. The zero-order valence-corrected chi connectivity index (χ0v) is 29.8. The molecular formula is C39H40ClF3N4O6. The summed E-state index contributed by atoms with van der Waals surface area (Å²) in [6, 6.07) is 16.3. The molecule has 0 radical (unpaired) electrons. The number of ether oxygens (including phenoxy) is 1. The summed E-state index contributed by atoms with van der Waals surface area (Å²) in [5.41, 5.74) is 3.33. The molecule has 5 rings (SSSR count). The van der Waals surface area contributed by atoms with Gasteiger partial charge in [0.05, 0.1) is 42.0 Å². The molecule has 4 aromatic rings. The predicted molar refractivity (Wildman–Crippen MR) is 197 cm³/mol. The van der Waals surface area contributed by atoms with Crippen LogP contribution in [-0.4, -0.2) is 76.0 Å². The second kappa shape index (κ2) is 17.4. The molecule has 1 aliphatic rings. The maximum atomic E-state index is 14.3. The Kier molecular flexibility index (Phi) is 12.9.